The summed E-state index contributed by atoms with van der Waals surface area (Å²) in [5.74, 6) is -2.73. The van der Waals surface area contributed by atoms with E-state index in [2.05, 4.69) is 5.32 Å². The van der Waals surface area contributed by atoms with Gasteiger partial charge in [0.25, 0.3) is 17.4 Å². The molecule has 6 rings (SSSR count). The summed E-state index contributed by atoms with van der Waals surface area (Å²) in [6, 6.07) is 11.8. The number of phenols is 2. The number of benzene rings is 2. The molecule has 0 aliphatic carbocycles. The second-order valence-electron chi connectivity index (χ2n) is 10.7. The van der Waals surface area contributed by atoms with Gasteiger partial charge in [0.05, 0.1) is 11.4 Å². The summed E-state index contributed by atoms with van der Waals surface area (Å²) in [4.78, 5) is 49.3. The summed E-state index contributed by atoms with van der Waals surface area (Å²) in [6.45, 7) is -1.24. The second kappa shape index (κ2) is 10.8. The van der Waals surface area contributed by atoms with E-state index >= 15 is 0 Å². The average molecular weight is 659 g/mol. The van der Waals surface area contributed by atoms with Gasteiger partial charge in [-0.3, -0.25) is 19.2 Å². The van der Waals surface area contributed by atoms with Crippen LogP contribution in [0.15, 0.2) is 59.4 Å². The molecular weight excluding hydrogens is 632 g/mol. The van der Waals surface area contributed by atoms with Crippen LogP contribution in [0.5, 0.6) is 11.5 Å². The lowest BCUT2D eigenvalue weighted by Gasteiger charge is -2.24. The maximum absolute atomic E-state index is 13.7. The number of anilines is 2. The van der Waals surface area contributed by atoms with Gasteiger partial charge in [-0.05, 0) is 54.3 Å². The van der Waals surface area contributed by atoms with Crippen molar-refractivity contribution in [3.8, 4) is 11.5 Å². The van der Waals surface area contributed by atoms with Crippen molar-refractivity contribution in [2.75, 3.05) is 26.1 Å². The molecule has 4 heterocycles. The number of carbonyl (C=O) groups is 3. The van der Waals surface area contributed by atoms with Crippen LogP contribution in [0.3, 0.4) is 0 Å². The van der Waals surface area contributed by atoms with E-state index in [1.165, 1.54) is 42.5 Å². The number of pyridine rings is 1. The Kier molecular flexibility index (Phi) is 7.19. The molecule has 3 amide bonds. The van der Waals surface area contributed by atoms with Gasteiger partial charge < -0.3 is 15.5 Å². The second-order valence-corrected chi connectivity index (χ2v) is 14.0. The first-order valence-corrected chi connectivity index (χ1v) is 16.4. The number of rotatable bonds is 7. The number of amides is 3. The average Bonchev–Trinajstić information content (AvgIpc) is 3.56. The Bertz CT molecular complexity index is 2050. The third kappa shape index (κ3) is 5.42. The summed E-state index contributed by atoms with van der Waals surface area (Å²) < 4.78 is 56.0. The Balaban J connectivity index is 1.28. The minimum atomic E-state index is -4.73. The summed E-state index contributed by atoms with van der Waals surface area (Å²) in [5, 5.41) is 24.2. The third-order valence-electron chi connectivity index (χ3n) is 7.57. The van der Waals surface area contributed by atoms with Gasteiger partial charge in [-0.2, -0.15) is 16.8 Å². The molecule has 3 aliphatic rings. The highest BCUT2D eigenvalue weighted by atomic mass is 32.2. The van der Waals surface area contributed by atoms with Gasteiger partial charge in [-0.25, -0.2) is 18.0 Å². The smallest absolute Gasteiger partial charge is 0.347 e. The van der Waals surface area contributed by atoms with E-state index in [4.69, 9.17) is 0 Å². The Morgan fingerprint density at radius 3 is 2.09 bits per heavy atom. The largest absolute Gasteiger partial charge is 0.506 e. The van der Waals surface area contributed by atoms with Crippen LogP contribution in [0.1, 0.15) is 29.7 Å². The molecule has 45 heavy (non-hydrogen) atoms. The lowest BCUT2D eigenvalue weighted by molar-refractivity contribution is -0.119. The molecule has 3 fully saturated rings. The quantitative estimate of drug-likeness (QED) is 0.245. The van der Waals surface area contributed by atoms with E-state index in [-0.39, 0.29) is 35.4 Å². The molecular formula is C27H26N6O10S2. The van der Waals surface area contributed by atoms with E-state index in [1.54, 1.807) is 10.8 Å². The van der Waals surface area contributed by atoms with E-state index in [1.807, 2.05) is 0 Å². The Morgan fingerprint density at radius 1 is 0.800 bits per heavy atom. The number of aromatic nitrogens is 1. The van der Waals surface area contributed by atoms with Gasteiger partial charge in [-0.15, -0.1) is 4.41 Å². The predicted molar refractivity (Wildman–Crippen MR) is 158 cm³/mol. The highest BCUT2D eigenvalue weighted by Crippen LogP contribution is 2.35. The van der Waals surface area contributed by atoms with Crippen molar-refractivity contribution < 1.29 is 41.4 Å². The molecule has 1 atom stereocenters. The Labute approximate surface area is 256 Å². The number of nitrogens with one attached hydrogen (secondary N) is 2. The molecule has 0 spiro atoms. The summed E-state index contributed by atoms with van der Waals surface area (Å²) in [7, 11) is -8.92. The van der Waals surface area contributed by atoms with Crippen molar-refractivity contribution in [2.45, 2.75) is 31.7 Å². The van der Waals surface area contributed by atoms with Crippen molar-refractivity contribution >= 4 is 49.5 Å². The van der Waals surface area contributed by atoms with Crippen molar-refractivity contribution in [3.05, 3.63) is 81.8 Å². The van der Waals surface area contributed by atoms with E-state index in [9.17, 15) is 46.2 Å². The highest BCUT2D eigenvalue weighted by molar-refractivity contribution is 7.95. The monoisotopic (exact) mass is 658 g/mol. The van der Waals surface area contributed by atoms with Crippen molar-refractivity contribution in [2.24, 2.45) is 0 Å². The van der Waals surface area contributed by atoms with Gasteiger partial charge in [0, 0.05) is 30.6 Å². The fraction of sp³-hybridized carbons (Fsp3) is 0.259. The van der Waals surface area contributed by atoms with Crippen LogP contribution < -0.4 is 28.6 Å². The topological polar surface area (TPSA) is 216 Å². The fourth-order valence-corrected chi connectivity index (χ4v) is 8.29. The maximum Gasteiger partial charge on any atom is 0.347 e. The number of aromatic hydroxyl groups is 2. The third-order valence-corrected chi connectivity index (χ3v) is 10.6. The lowest BCUT2D eigenvalue weighted by Crippen LogP contribution is -2.48. The number of nitrogens with zero attached hydrogens (tertiary/aromatic N) is 4. The lowest BCUT2D eigenvalue weighted by atomic mass is 10.0. The molecule has 3 aliphatic heterocycles. The van der Waals surface area contributed by atoms with Crippen LogP contribution >= 0.6 is 0 Å². The molecule has 236 valence electrons. The van der Waals surface area contributed by atoms with E-state index < -0.39 is 62.4 Å². The number of phenolic OH excluding ortho intramolecular Hbond substituents is 2. The molecule has 3 saturated heterocycles. The van der Waals surface area contributed by atoms with Crippen LogP contribution in [0.2, 0.25) is 0 Å². The zero-order valence-corrected chi connectivity index (χ0v) is 24.9. The maximum atomic E-state index is 13.7. The Hall–Kier alpha value is -5.10. The molecule has 3 aromatic rings. The molecule has 16 nitrogen and oxygen atoms in total. The summed E-state index contributed by atoms with van der Waals surface area (Å²) in [6.07, 6.45) is 1.27. The molecule has 2 aromatic carbocycles. The molecule has 4 N–H and O–H groups in total. The van der Waals surface area contributed by atoms with Gasteiger partial charge in [0.1, 0.15) is 24.6 Å². The van der Waals surface area contributed by atoms with Crippen LogP contribution in [-0.4, -0.2) is 68.6 Å². The normalized spacial score (nSPS) is 20.5. The highest BCUT2D eigenvalue weighted by Gasteiger charge is 2.46. The molecule has 0 saturated carbocycles. The first-order valence-electron chi connectivity index (χ1n) is 13.6. The van der Waals surface area contributed by atoms with Gasteiger partial charge in [-0.1, -0.05) is 18.2 Å². The Morgan fingerprint density at radius 2 is 1.47 bits per heavy atom. The minimum Gasteiger partial charge on any atom is -0.506 e. The number of hydrogen-bond donors (Lipinski definition) is 4. The zero-order valence-electron chi connectivity index (χ0n) is 23.3. The molecule has 0 radical (unpaired) electrons. The standard InChI is InChI=1S/C27H26N6O10S2/c34-22-13-17(5-7-20(22)30-14-25(37)29-44(30,40)41)11-19-2-1-3-26(38)32(19)33-27(39)15-31(45(33,42)43)21-8-4-16(12-23(21)35)10-18-6-9-24(36)28-18/h1-5,7-8,12-13,18,34-35H,6,9-11,14-15H2,(H,28,36)(H,29,37)/t18-/m0/s1. The molecule has 0 bridgehead atoms. The van der Waals surface area contributed by atoms with E-state index in [0.717, 1.165) is 6.07 Å². The first kappa shape index (κ1) is 29.9. The van der Waals surface area contributed by atoms with Crippen LogP contribution in [0.25, 0.3) is 0 Å². The number of carbonyl (C=O) groups excluding carboxylic acids is 3. The first-order chi connectivity index (χ1) is 21.2. The fourth-order valence-electron chi connectivity index (χ4n) is 5.56. The number of hydrogen-bond acceptors (Lipinski definition) is 10. The minimum absolute atomic E-state index is 0.0391. The van der Waals surface area contributed by atoms with E-state index in [0.29, 0.717) is 48.1 Å². The van der Waals surface area contributed by atoms with Gasteiger partial charge in [0.15, 0.2) is 0 Å². The molecule has 0 unspecified atom stereocenters. The van der Waals surface area contributed by atoms with Crippen molar-refractivity contribution in [3.63, 3.8) is 0 Å². The van der Waals surface area contributed by atoms with Gasteiger partial charge >= 0.3 is 20.4 Å². The van der Waals surface area contributed by atoms with Crippen LogP contribution in [0.4, 0.5) is 11.4 Å². The zero-order chi connectivity index (χ0) is 32.3. The summed E-state index contributed by atoms with van der Waals surface area (Å²) in [5.41, 5.74) is -0.200. The van der Waals surface area contributed by atoms with Gasteiger partial charge in [0.2, 0.25) is 5.91 Å². The summed E-state index contributed by atoms with van der Waals surface area (Å²) >= 11 is 0. The predicted octanol–water partition coefficient (Wildman–Crippen LogP) is -0.918. The van der Waals surface area contributed by atoms with Crippen molar-refractivity contribution in [1.29, 1.82) is 0 Å². The molecule has 18 heteroatoms. The van der Waals surface area contributed by atoms with Crippen LogP contribution in [-0.2, 0) is 47.6 Å². The van der Waals surface area contributed by atoms with Crippen molar-refractivity contribution in [1.82, 2.24) is 14.7 Å². The SMILES string of the molecule is O=C1CC[C@@H](Cc2ccc(N3CC(=O)N(n4c(Cc5ccc(N6CC(=O)NS6(=O)=O)c(O)c5)cccc4=O)S3(=O)=O)c(O)c2)N1. The van der Waals surface area contributed by atoms with Crippen LogP contribution in [0, 0.1) is 0 Å². The molecule has 1 aromatic heterocycles.